The van der Waals surface area contributed by atoms with Crippen LogP contribution in [-0.4, -0.2) is 21.8 Å². The zero-order valence-electron chi connectivity index (χ0n) is 11.9. The number of nitrogens with zero attached hydrogens (tertiary/aromatic N) is 2. The predicted octanol–water partition coefficient (Wildman–Crippen LogP) is 1.99. The number of nitrogens with one attached hydrogen (secondary N) is 1. The molecule has 4 nitrogen and oxygen atoms in total. The number of aliphatic hydroxyl groups is 1. The number of aromatic nitrogens is 1. The predicted molar refractivity (Wildman–Crippen MR) is 74.6 cm³/mol. The van der Waals surface area contributed by atoms with Gasteiger partial charge in [-0.1, -0.05) is 19.3 Å². The summed E-state index contributed by atoms with van der Waals surface area (Å²) in [6, 6.07) is 4.14. The lowest BCUT2D eigenvalue weighted by atomic mass is 9.82. The van der Waals surface area contributed by atoms with E-state index in [4.69, 9.17) is 5.26 Å². The van der Waals surface area contributed by atoms with Crippen LogP contribution in [0.1, 0.15) is 49.1 Å². The van der Waals surface area contributed by atoms with Gasteiger partial charge in [0, 0.05) is 24.8 Å². The van der Waals surface area contributed by atoms with Crippen molar-refractivity contribution in [2.24, 2.45) is 7.05 Å². The van der Waals surface area contributed by atoms with E-state index in [0.29, 0.717) is 5.69 Å². The second-order valence-electron chi connectivity index (χ2n) is 5.66. The lowest BCUT2D eigenvalue weighted by Crippen LogP contribution is -2.49. The highest BCUT2D eigenvalue weighted by Gasteiger charge is 2.30. The number of nitriles is 1. The first-order valence-corrected chi connectivity index (χ1v) is 7.03. The highest BCUT2D eigenvalue weighted by Crippen LogP contribution is 2.28. The second-order valence-corrected chi connectivity index (χ2v) is 5.66. The molecule has 0 atom stereocenters. The molecule has 104 valence electrons. The van der Waals surface area contributed by atoms with Crippen molar-refractivity contribution in [1.82, 2.24) is 9.88 Å². The van der Waals surface area contributed by atoms with E-state index in [2.05, 4.69) is 11.4 Å². The summed E-state index contributed by atoms with van der Waals surface area (Å²) in [5, 5.41) is 22.2. The molecule has 19 heavy (non-hydrogen) atoms. The Hall–Kier alpha value is -1.31. The molecule has 0 aliphatic heterocycles. The zero-order chi connectivity index (χ0) is 13.9. The van der Waals surface area contributed by atoms with Crippen LogP contribution in [0.4, 0.5) is 0 Å². The first-order valence-electron chi connectivity index (χ1n) is 7.03. The maximum atomic E-state index is 9.67. The molecule has 1 heterocycles. The third kappa shape index (κ3) is 2.83. The Kier molecular flexibility index (Phi) is 4.28. The summed E-state index contributed by atoms with van der Waals surface area (Å²) in [6.07, 6.45) is 5.73. The number of hydrogen-bond acceptors (Lipinski definition) is 3. The number of hydrogen-bond donors (Lipinski definition) is 2. The quantitative estimate of drug-likeness (QED) is 0.871. The second kappa shape index (κ2) is 5.77. The summed E-state index contributed by atoms with van der Waals surface area (Å²) in [7, 11) is 1.92. The molecule has 1 fully saturated rings. The summed E-state index contributed by atoms with van der Waals surface area (Å²) < 4.78 is 1.92. The van der Waals surface area contributed by atoms with Gasteiger partial charge < -0.3 is 15.0 Å². The molecule has 4 heteroatoms. The van der Waals surface area contributed by atoms with Crippen molar-refractivity contribution in [2.45, 2.75) is 51.1 Å². The Balaban J connectivity index is 2.07. The molecule has 0 spiro atoms. The molecule has 2 N–H and O–H groups in total. The van der Waals surface area contributed by atoms with Gasteiger partial charge in [0.1, 0.15) is 11.8 Å². The topological polar surface area (TPSA) is 61.0 Å². The van der Waals surface area contributed by atoms with E-state index in [1.54, 1.807) is 0 Å². The number of rotatable bonds is 4. The average Bonchev–Trinajstić information content (AvgIpc) is 2.73. The monoisotopic (exact) mass is 261 g/mol. The average molecular weight is 261 g/mol. The van der Waals surface area contributed by atoms with E-state index in [1.807, 2.05) is 24.6 Å². The molecule has 2 rings (SSSR count). The van der Waals surface area contributed by atoms with Crippen molar-refractivity contribution in [3.63, 3.8) is 0 Å². The van der Waals surface area contributed by atoms with Crippen LogP contribution in [0.2, 0.25) is 0 Å². The highest BCUT2D eigenvalue weighted by atomic mass is 16.3. The molecule has 0 radical (unpaired) electrons. The maximum Gasteiger partial charge on any atom is 0.120 e. The van der Waals surface area contributed by atoms with E-state index in [1.165, 1.54) is 19.3 Å². The molecular weight excluding hydrogens is 238 g/mol. The van der Waals surface area contributed by atoms with E-state index in [0.717, 1.165) is 30.6 Å². The van der Waals surface area contributed by atoms with Crippen LogP contribution in [0.15, 0.2) is 6.07 Å². The van der Waals surface area contributed by atoms with Crippen molar-refractivity contribution < 1.29 is 5.11 Å². The molecule has 0 unspecified atom stereocenters. The third-order valence-corrected chi connectivity index (χ3v) is 4.52. The first kappa shape index (κ1) is 14.1. The van der Waals surface area contributed by atoms with Crippen molar-refractivity contribution >= 4 is 0 Å². The fourth-order valence-electron chi connectivity index (χ4n) is 2.95. The normalized spacial score (nSPS) is 18.2. The van der Waals surface area contributed by atoms with Gasteiger partial charge in [0.15, 0.2) is 0 Å². The standard InChI is InChI=1S/C15H23N3O/c1-12-13(8-14(9-16)18(12)2)10-17-15(11-19)6-4-3-5-7-15/h8,17,19H,3-7,10-11H2,1-2H3. The molecule has 1 aliphatic carbocycles. The summed E-state index contributed by atoms with van der Waals surface area (Å²) in [5.41, 5.74) is 2.84. The van der Waals surface area contributed by atoms with Gasteiger partial charge in [0.25, 0.3) is 0 Å². The molecular formula is C15H23N3O. The van der Waals surface area contributed by atoms with Gasteiger partial charge in [-0.2, -0.15) is 5.26 Å². The Morgan fingerprint density at radius 1 is 1.42 bits per heavy atom. The molecule has 1 aliphatic rings. The van der Waals surface area contributed by atoms with Gasteiger partial charge in [-0.3, -0.25) is 0 Å². The minimum absolute atomic E-state index is 0.118. The summed E-state index contributed by atoms with van der Waals surface area (Å²) in [6.45, 7) is 2.95. The van der Waals surface area contributed by atoms with Crippen LogP contribution in [0.25, 0.3) is 0 Å². The van der Waals surface area contributed by atoms with Crippen LogP contribution >= 0.6 is 0 Å². The van der Waals surface area contributed by atoms with Crippen molar-refractivity contribution in [3.05, 3.63) is 23.0 Å². The molecule has 0 saturated heterocycles. The summed E-state index contributed by atoms with van der Waals surface area (Å²) in [5.74, 6) is 0. The third-order valence-electron chi connectivity index (χ3n) is 4.52. The highest BCUT2D eigenvalue weighted by molar-refractivity contribution is 5.34. The van der Waals surface area contributed by atoms with Crippen LogP contribution < -0.4 is 5.32 Å². The SMILES string of the molecule is Cc1c(CNC2(CO)CCCCC2)cc(C#N)n1C. The fourth-order valence-corrected chi connectivity index (χ4v) is 2.95. The van der Waals surface area contributed by atoms with Crippen molar-refractivity contribution in [3.8, 4) is 6.07 Å². The van der Waals surface area contributed by atoms with Crippen LogP contribution in [0.3, 0.4) is 0 Å². The largest absolute Gasteiger partial charge is 0.394 e. The van der Waals surface area contributed by atoms with Crippen molar-refractivity contribution in [2.75, 3.05) is 6.61 Å². The Morgan fingerprint density at radius 3 is 2.63 bits per heavy atom. The maximum absolute atomic E-state index is 9.67. The van der Waals surface area contributed by atoms with Crippen LogP contribution in [0, 0.1) is 18.3 Å². The van der Waals surface area contributed by atoms with Gasteiger partial charge >= 0.3 is 0 Å². The lowest BCUT2D eigenvalue weighted by molar-refractivity contribution is 0.119. The van der Waals surface area contributed by atoms with Gasteiger partial charge in [-0.05, 0) is 31.4 Å². The molecule has 1 saturated carbocycles. The van der Waals surface area contributed by atoms with E-state index in [9.17, 15) is 5.11 Å². The Labute approximate surface area is 115 Å². The molecule has 0 bridgehead atoms. The van der Waals surface area contributed by atoms with E-state index in [-0.39, 0.29) is 12.1 Å². The Morgan fingerprint density at radius 2 is 2.11 bits per heavy atom. The lowest BCUT2D eigenvalue weighted by Gasteiger charge is -2.36. The smallest absolute Gasteiger partial charge is 0.120 e. The Bertz CT molecular complexity index is 478. The summed E-state index contributed by atoms with van der Waals surface area (Å²) in [4.78, 5) is 0. The van der Waals surface area contributed by atoms with E-state index >= 15 is 0 Å². The van der Waals surface area contributed by atoms with Gasteiger partial charge in [-0.25, -0.2) is 0 Å². The van der Waals surface area contributed by atoms with Crippen LogP contribution in [-0.2, 0) is 13.6 Å². The van der Waals surface area contributed by atoms with E-state index < -0.39 is 0 Å². The minimum Gasteiger partial charge on any atom is -0.394 e. The van der Waals surface area contributed by atoms with Gasteiger partial charge in [0.2, 0.25) is 0 Å². The molecule has 1 aromatic rings. The summed E-state index contributed by atoms with van der Waals surface area (Å²) >= 11 is 0. The fraction of sp³-hybridized carbons (Fsp3) is 0.667. The number of aliphatic hydroxyl groups excluding tert-OH is 1. The van der Waals surface area contributed by atoms with Crippen molar-refractivity contribution in [1.29, 1.82) is 5.26 Å². The minimum atomic E-state index is -0.118. The molecule has 0 aromatic carbocycles. The first-order chi connectivity index (χ1) is 9.12. The molecule has 0 amide bonds. The van der Waals surface area contributed by atoms with Gasteiger partial charge in [0.05, 0.1) is 6.61 Å². The zero-order valence-corrected chi connectivity index (χ0v) is 11.9. The molecule has 1 aromatic heterocycles. The van der Waals surface area contributed by atoms with Gasteiger partial charge in [-0.15, -0.1) is 0 Å². The van der Waals surface area contributed by atoms with Crippen LogP contribution in [0.5, 0.6) is 0 Å².